The fourth-order valence-electron chi connectivity index (χ4n) is 1.79. The van der Waals surface area contributed by atoms with E-state index in [1.807, 2.05) is 6.92 Å². The Morgan fingerprint density at radius 2 is 1.78 bits per heavy atom. The minimum Gasteiger partial charge on any atom is -0.452 e. The summed E-state index contributed by atoms with van der Waals surface area (Å²) < 4.78 is 30.7. The van der Waals surface area contributed by atoms with Crippen molar-refractivity contribution in [2.75, 3.05) is 11.9 Å². The summed E-state index contributed by atoms with van der Waals surface area (Å²) >= 11 is 5.96. The second-order valence-corrected chi connectivity index (χ2v) is 5.17. The van der Waals surface area contributed by atoms with Crippen molar-refractivity contribution in [1.82, 2.24) is 0 Å². The number of hydrogen-bond acceptors (Lipinski definition) is 3. The third-order valence-corrected chi connectivity index (χ3v) is 3.14. The smallest absolute Gasteiger partial charge is 0.338 e. The van der Waals surface area contributed by atoms with Gasteiger partial charge < -0.3 is 10.1 Å². The maximum absolute atomic E-state index is 13.0. The largest absolute Gasteiger partial charge is 0.452 e. The van der Waals surface area contributed by atoms with Crippen LogP contribution in [0.5, 0.6) is 0 Å². The molecule has 0 aromatic heterocycles. The van der Waals surface area contributed by atoms with Crippen molar-refractivity contribution >= 4 is 29.2 Å². The monoisotopic (exact) mass is 339 g/mol. The van der Waals surface area contributed by atoms with Crippen LogP contribution in [0.4, 0.5) is 14.5 Å². The van der Waals surface area contributed by atoms with Gasteiger partial charge in [-0.3, -0.25) is 4.79 Å². The number of anilines is 1. The number of nitrogens with one attached hydrogen (secondary N) is 1. The maximum Gasteiger partial charge on any atom is 0.338 e. The van der Waals surface area contributed by atoms with Crippen LogP contribution in [0.2, 0.25) is 5.02 Å². The zero-order chi connectivity index (χ0) is 17.0. The van der Waals surface area contributed by atoms with Crippen molar-refractivity contribution in [2.24, 2.45) is 0 Å². The highest BCUT2D eigenvalue weighted by atomic mass is 35.5. The van der Waals surface area contributed by atoms with Crippen molar-refractivity contribution in [2.45, 2.75) is 6.92 Å². The second kappa shape index (κ2) is 7.19. The predicted octanol–water partition coefficient (Wildman–Crippen LogP) is 3.72. The van der Waals surface area contributed by atoms with Crippen molar-refractivity contribution in [3.63, 3.8) is 0 Å². The summed E-state index contributed by atoms with van der Waals surface area (Å²) in [4.78, 5) is 23.4. The van der Waals surface area contributed by atoms with E-state index in [4.69, 9.17) is 16.3 Å². The van der Waals surface area contributed by atoms with Gasteiger partial charge >= 0.3 is 5.97 Å². The quantitative estimate of drug-likeness (QED) is 0.864. The maximum atomic E-state index is 13.0. The molecule has 0 aliphatic rings. The van der Waals surface area contributed by atoms with Crippen LogP contribution in [0.1, 0.15) is 15.9 Å². The Hall–Kier alpha value is -2.47. The molecule has 0 saturated carbocycles. The lowest BCUT2D eigenvalue weighted by Gasteiger charge is -2.08. The van der Waals surface area contributed by atoms with E-state index in [1.54, 1.807) is 18.2 Å². The van der Waals surface area contributed by atoms with Gasteiger partial charge in [0.2, 0.25) is 0 Å². The van der Waals surface area contributed by atoms with E-state index in [0.29, 0.717) is 16.8 Å². The molecule has 23 heavy (non-hydrogen) atoms. The van der Waals surface area contributed by atoms with Gasteiger partial charge in [0.05, 0.1) is 16.3 Å². The van der Waals surface area contributed by atoms with Gasteiger partial charge in [-0.15, -0.1) is 0 Å². The van der Waals surface area contributed by atoms with Crippen LogP contribution in [0.25, 0.3) is 0 Å². The van der Waals surface area contributed by atoms with Gasteiger partial charge in [0.1, 0.15) is 11.6 Å². The first kappa shape index (κ1) is 16.9. The molecule has 0 saturated heterocycles. The summed E-state index contributed by atoms with van der Waals surface area (Å²) in [7, 11) is 0. The van der Waals surface area contributed by atoms with Gasteiger partial charge in [-0.2, -0.15) is 0 Å². The number of carbonyl (C=O) groups is 2. The van der Waals surface area contributed by atoms with Crippen LogP contribution in [-0.4, -0.2) is 18.5 Å². The minimum atomic E-state index is -1.01. The fraction of sp³-hybridized carbons (Fsp3) is 0.125. The highest BCUT2D eigenvalue weighted by molar-refractivity contribution is 6.33. The Morgan fingerprint density at radius 1 is 1.13 bits per heavy atom. The topological polar surface area (TPSA) is 55.4 Å². The summed E-state index contributed by atoms with van der Waals surface area (Å²) in [6.45, 7) is 1.23. The van der Waals surface area contributed by atoms with Gasteiger partial charge in [-0.1, -0.05) is 17.7 Å². The number of rotatable bonds is 4. The van der Waals surface area contributed by atoms with Crippen LogP contribution in [0, 0.1) is 18.6 Å². The molecule has 0 fully saturated rings. The van der Waals surface area contributed by atoms with Crippen molar-refractivity contribution in [1.29, 1.82) is 0 Å². The molecule has 2 rings (SSSR count). The van der Waals surface area contributed by atoms with Crippen molar-refractivity contribution in [3.05, 3.63) is 64.2 Å². The molecule has 0 aliphatic heterocycles. The summed E-state index contributed by atoms with van der Waals surface area (Å²) in [5, 5.41) is 2.82. The highest BCUT2D eigenvalue weighted by Gasteiger charge is 2.13. The number of halogens is 3. The van der Waals surface area contributed by atoms with E-state index in [1.165, 1.54) is 0 Å². The lowest BCUT2D eigenvalue weighted by atomic mass is 10.2. The van der Waals surface area contributed by atoms with Crippen LogP contribution in [0.15, 0.2) is 36.4 Å². The zero-order valence-electron chi connectivity index (χ0n) is 12.0. The third-order valence-electron chi connectivity index (χ3n) is 2.83. The van der Waals surface area contributed by atoms with E-state index in [2.05, 4.69) is 5.32 Å². The predicted molar refractivity (Wildman–Crippen MR) is 81.5 cm³/mol. The Balaban J connectivity index is 1.94. The van der Waals surface area contributed by atoms with Gasteiger partial charge in [-0.25, -0.2) is 13.6 Å². The molecular weight excluding hydrogens is 328 g/mol. The molecular formula is C16H12ClF2NO3. The number of hydrogen-bond donors (Lipinski definition) is 1. The van der Waals surface area contributed by atoms with Gasteiger partial charge in [-0.05, 0) is 36.8 Å². The van der Waals surface area contributed by atoms with Crippen LogP contribution < -0.4 is 5.32 Å². The summed E-state index contributed by atoms with van der Waals surface area (Å²) in [6.07, 6.45) is 0. The van der Waals surface area contributed by atoms with Crippen LogP contribution >= 0.6 is 11.6 Å². The van der Waals surface area contributed by atoms with E-state index in [0.717, 1.165) is 17.7 Å². The molecule has 7 heteroatoms. The zero-order valence-corrected chi connectivity index (χ0v) is 12.8. The van der Waals surface area contributed by atoms with E-state index in [-0.39, 0.29) is 5.56 Å². The molecule has 2 aromatic rings. The molecule has 0 atom stereocenters. The van der Waals surface area contributed by atoms with Crippen LogP contribution in [0.3, 0.4) is 0 Å². The van der Waals surface area contributed by atoms with Gasteiger partial charge in [0.25, 0.3) is 5.91 Å². The second-order valence-electron chi connectivity index (χ2n) is 4.77. The Bertz CT molecular complexity index is 745. The molecule has 120 valence electrons. The highest BCUT2D eigenvalue weighted by Crippen LogP contribution is 2.22. The van der Waals surface area contributed by atoms with Crippen LogP contribution in [-0.2, 0) is 9.53 Å². The standard InChI is InChI=1S/C16H12ClF2NO3/c1-9-2-3-14(13(17)4-9)20-15(21)8-23-16(22)10-5-11(18)7-12(19)6-10/h2-7H,8H2,1H3,(H,20,21). The van der Waals surface area contributed by atoms with E-state index < -0.39 is 30.1 Å². The number of aryl methyl sites for hydroxylation is 1. The van der Waals surface area contributed by atoms with Gasteiger partial charge in [0.15, 0.2) is 6.61 Å². The summed E-state index contributed by atoms with van der Waals surface area (Å²) in [5.41, 5.74) is 0.978. The molecule has 1 N–H and O–H groups in total. The van der Waals surface area contributed by atoms with Crippen molar-refractivity contribution in [3.8, 4) is 0 Å². The molecule has 0 aliphatic carbocycles. The number of ether oxygens (including phenoxy) is 1. The molecule has 0 unspecified atom stereocenters. The molecule has 4 nitrogen and oxygen atoms in total. The average molecular weight is 340 g/mol. The van der Waals surface area contributed by atoms with Crippen molar-refractivity contribution < 1.29 is 23.1 Å². The number of benzene rings is 2. The average Bonchev–Trinajstić information content (AvgIpc) is 2.46. The Kier molecular flexibility index (Phi) is 5.28. The van der Waals surface area contributed by atoms with E-state index in [9.17, 15) is 18.4 Å². The van der Waals surface area contributed by atoms with E-state index >= 15 is 0 Å². The van der Waals surface area contributed by atoms with Gasteiger partial charge in [0, 0.05) is 6.07 Å². The summed E-state index contributed by atoms with van der Waals surface area (Å²) in [6, 6.07) is 7.30. The number of esters is 1. The normalized spacial score (nSPS) is 10.3. The fourth-order valence-corrected chi connectivity index (χ4v) is 2.08. The number of amides is 1. The molecule has 0 spiro atoms. The minimum absolute atomic E-state index is 0.316. The third kappa shape index (κ3) is 4.75. The first-order valence-corrected chi connectivity index (χ1v) is 6.92. The molecule has 0 bridgehead atoms. The summed E-state index contributed by atoms with van der Waals surface area (Å²) in [5.74, 6) is -3.45. The lowest BCUT2D eigenvalue weighted by Crippen LogP contribution is -2.21. The molecule has 0 heterocycles. The molecule has 2 aromatic carbocycles. The first-order valence-electron chi connectivity index (χ1n) is 6.54. The number of carbonyl (C=O) groups excluding carboxylic acids is 2. The molecule has 0 radical (unpaired) electrons. The lowest BCUT2D eigenvalue weighted by molar-refractivity contribution is -0.119. The first-order chi connectivity index (χ1) is 10.8. The Labute approximate surface area is 136 Å². The Morgan fingerprint density at radius 3 is 2.39 bits per heavy atom. The molecule has 1 amide bonds. The SMILES string of the molecule is Cc1ccc(NC(=O)COC(=O)c2cc(F)cc(F)c2)c(Cl)c1.